The molecule has 0 spiro atoms. The van der Waals surface area contributed by atoms with Gasteiger partial charge in [0, 0.05) is 28.7 Å². The fraction of sp³-hybridized carbons (Fsp3) is 0.500. The highest BCUT2D eigenvalue weighted by Crippen LogP contribution is 2.32. The predicted molar refractivity (Wildman–Crippen MR) is 84.7 cm³/mol. The van der Waals surface area contributed by atoms with Crippen LogP contribution < -0.4 is 5.32 Å². The lowest BCUT2D eigenvalue weighted by atomic mass is 9.88. The number of carbonyl (C=O) groups excluding carboxylic acids is 1. The highest BCUT2D eigenvalue weighted by Gasteiger charge is 2.23. The molecule has 2 atom stereocenters. The van der Waals surface area contributed by atoms with Crippen molar-refractivity contribution in [1.82, 2.24) is 15.1 Å². The first-order chi connectivity index (χ1) is 10.1. The lowest BCUT2D eigenvalue weighted by Gasteiger charge is -2.19. The van der Waals surface area contributed by atoms with Crippen LogP contribution in [0.1, 0.15) is 41.1 Å². The number of thiophene rings is 1. The number of aromatic nitrogens is 2. The molecule has 3 rings (SSSR count). The van der Waals surface area contributed by atoms with Crippen LogP contribution >= 0.6 is 11.3 Å². The van der Waals surface area contributed by atoms with Crippen molar-refractivity contribution in [2.45, 2.75) is 45.7 Å². The molecule has 0 unspecified atom stereocenters. The van der Waals surface area contributed by atoms with Gasteiger partial charge in [0.25, 0.3) is 5.91 Å². The van der Waals surface area contributed by atoms with Gasteiger partial charge in [0.2, 0.25) is 0 Å². The molecule has 21 heavy (non-hydrogen) atoms. The zero-order valence-electron chi connectivity index (χ0n) is 12.5. The number of nitrogens with zero attached hydrogens (tertiary/aromatic N) is 2. The third-order valence-corrected chi connectivity index (χ3v) is 5.10. The van der Waals surface area contributed by atoms with Gasteiger partial charge < -0.3 is 5.32 Å². The Morgan fingerprint density at radius 2 is 2.48 bits per heavy atom. The van der Waals surface area contributed by atoms with E-state index in [9.17, 15) is 4.79 Å². The monoisotopic (exact) mass is 303 g/mol. The maximum absolute atomic E-state index is 12.5. The number of fused-ring (bicyclic) bond motifs is 1. The molecule has 0 aromatic carbocycles. The van der Waals surface area contributed by atoms with Crippen molar-refractivity contribution in [2.24, 2.45) is 5.92 Å². The molecule has 5 heteroatoms. The molecule has 1 aliphatic carbocycles. The second-order valence-corrected chi connectivity index (χ2v) is 6.97. The van der Waals surface area contributed by atoms with Gasteiger partial charge in [-0.15, -0.1) is 11.3 Å². The molecule has 2 aromatic rings. The molecule has 1 N–H and O–H groups in total. The van der Waals surface area contributed by atoms with Gasteiger partial charge in [-0.25, -0.2) is 0 Å². The van der Waals surface area contributed by atoms with E-state index in [1.807, 2.05) is 29.2 Å². The first-order valence-corrected chi connectivity index (χ1v) is 8.39. The van der Waals surface area contributed by atoms with Crippen molar-refractivity contribution in [3.63, 3.8) is 0 Å². The molecule has 112 valence electrons. The molecular formula is C16H21N3OS. The van der Waals surface area contributed by atoms with Gasteiger partial charge in [0.15, 0.2) is 0 Å². The average molecular weight is 303 g/mol. The van der Waals surface area contributed by atoms with Crippen molar-refractivity contribution in [1.29, 1.82) is 0 Å². The minimum Gasteiger partial charge on any atom is -0.348 e. The highest BCUT2D eigenvalue weighted by molar-refractivity contribution is 7.10. The zero-order chi connectivity index (χ0) is 14.8. The van der Waals surface area contributed by atoms with Crippen LogP contribution in [0, 0.1) is 5.92 Å². The van der Waals surface area contributed by atoms with Crippen LogP contribution in [0.25, 0.3) is 0 Å². The molecule has 0 bridgehead atoms. The van der Waals surface area contributed by atoms with E-state index in [1.54, 1.807) is 17.5 Å². The van der Waals surface area contributed by atoms with Crippen molar-refractivity contribution >= 4 is 17.2 Å². The molecular weight excluding hydrogens is 282 g/mol. The number of nitrogens with one attached hydrogen (secondary N) is 1. The van der Waals surface area contributed by atoms with E-state index in [1.165, 1.54) is 16.9 Å². The normalized spacial score (nSPS) is 19.0. The second kappa shape index (κ2) is 6.02. The molecule has 0 radical (unpaired) electrons. The summed E-state index contributed by atoms with van der Waals surface area (Å²) in [5.41, 5.74) is 2.16. The summed E-state index contributed by atoms with van der Waals surface area (Å²) in [6.45, 7) is 5.00. The molecule has 4 nitrogen and oxygen atoms in total. The summed E-state index contributed by atoms with van der Waals surface area (Å²) < 4.78 is 1.84. The smallest absolute Gasteiger partial charge is 0.252 e. The Hall–Kier alpha value is -1.62. The number of hydrogen-bond donors (Lipinski definition) is 1. The summed E-state index contributed by atoms with van der Waals surface area (Å²) >= 11 is 1.74. The molecule has 1 aliphatic rings. The van der Waals surface area contributed by atoms with E-state index in [0.29, 0.717) is 6.54 Å². The molecule has 0 saturated heterocycles. The second-order valence-electron chi connectivity index (χ2n) is 6.00. The molecule has 1 amide bonds. The zero-order valence-corrected chi connectivity index (χ0v) is 13.3. The molecule has 2 heterocycles. The van der Waals surface area contributed by atoms with E-state index in [2.05, 4.69) is 17.3 Å². The quantitative estimate of drug-likeness (QED) is 0.944. The average Bonchev–Trinajstić information content (AvgIpc) is 3.06. The summed E-state index contributed by atoms with van der Waals surface area (Å²) in [5, 5.41) is 9.29. The number of rotatable bonds is 4. The largest absolute Gasteiger partial charge is 0.348 e. The summed E-state index contributed by atoms with van der Waals surface area (Å²) in [6, 6.07) is 1.96. The third kappa shape index (κ3) is 3.18. The maximum atomic E-state index is 12.5. The van der Waals surface area contributed by atoms with Crippen molar-refractivity contribution in [2.75, 3.05) is 0 Å². The lowest BCUT2D eigenvalue weighted by Crippen LogP contribution is -2.36. The Morgan fingerprint density at radius 3 is 3.24 bits per heavy atom. The first-order valence-electron chi connectivity index (χ1n) is 7.51. The van der Waals surface area contributed by atoms with E-state index < -0.39 is 0 Å². The van der Waals surface area contributed by atoms with Crippen molar-refractivity contribution in [3.05, 3.63) is 39.8 Å². The Kier molecular flexibility index (Phi) is 4.10. The Bertz CT molecular complexity index is 618. The minimum absolute atomic E-state index is 0.0571. The van der Waals surface area contributed by atoms with Crippen LogP contribution in [-0.4, -0.2) is 21.7 Å². The summed E-state index contributed by atoms with van der Waals surface area (Å²) in [7, 11) is 0. The molecule has 0 aliphatic heterocycles. The predicted octanol–water partition coefficient (Wildman–Crippen LogP) is 2.89. The van der Waals surface area contributed by atoms with E-state index in [-0.39, 0.29) is 11.9 Å². The van der Waals surface area contributed by atoms with E-state index in [0.717, 1.165) is 24.3 Å². The van der Waals surface area contributed by atoms with Crippen LogP contribution in [0.3, 0.4) is 0 Å². The van der Waals surface area contributed by atoms with Crippen molar-refractivity contribution < 1.29 is 4.79 Å². The SMILES string of the molecule is C[C@@H]1CCc2c(C(=O)N[C@@H](C)Cn3cccn3)csc2C1. The van der Waals surface area contributed by atoms with Crippen LogP contribution in [0.5, 0.6) is 0 Å². The summed E-state index contributed by atoms with van der Waals surface area (Å²) in [6.07, 6.45) is 7.01. The van der Waals surface area contributed by atoms with E-state index >= 15 is 0 Å². The number of amides is 1. The summed E-state index contributed by atoms with van der Waals surface area (Å²) in [5.74, 6) is 0.799. The maximum Gasteiger partial charge on any atom is 0.252 e. The minimum atomic E-state index is 0.0571. The highest BCUT2D eigenvalue weighted by atomic mass is 32.1. The van der Waals surface area contributed by atoms with Gasteiger partial charge in [-0.1, -0.05) is 6.92 Å². The Morgan fingerprint density at radius 1 is 1.62 bits per heavy atom. The molecule has 2 aromatic heterocycles. The van der Waals surface area contributed by atoms with Gasteiger partial charge in [0.05, 0.1) is 12.1 Å². The first kappa shape index (κ1) is 14.3. The van der Waals surface area contributed by atoms with Crippen LogP contribution in [0.2, 0.25) is 0 Å². The van der Waals surface area contributed by atoms with Crippen molar-refractivity contribution in [3.8, 4) is 0 Å². The van der Waals surface area contributed by atoms with Crippen LogP contribution in [-0.2, 0) is 19.4 Å². The molecule has 0 saturated carbocycles. The van der Waals surface area contributed by atoms with Gasteiger partial charge in [-0.2, -0.15) is 5.10 Å². The number of carbonyl (C=O) groups is 1. The van der Waals surface area contributed by atoms with Gasteiger partial charge >= 0.3 is 0 Å². The van der Waals surface area contributed by atoms with Crippen LogP contribution in [0.4, 0.5) is 0 Å². The lowest BCUT2D eigenvalue weighted by molar-refractivity contribution is 0.0935. The van der Waals surface area contributed by atoms with Gasteiger partial charge in [-0.3, -0.25) is 9.48 Å². The Balaban J connectivity index is 1.66. The van der Waals surface area contributed by atoms with Gasteiger partial charge in [0.1, 0.15) is 0 Å². The fourth-order valence-corrected chi connectivity index (χ4v) is 4.15. The summed E-state index contributed by atoms with van der Waals surface area (Å²) in [4.78, 5) is 13.9. The standard InChI is InChI=1S/C16H21N3OS/c1-11-4-5-13-14(10-21-15(13)8-11)16(20)18-12(2)9-19-7-3-6-17-19/h3,6-7,10-12H,4-5,8-9H2,1-2H3,(H,18,20)/t11-,12+/m1/s1. The van der Waals surface area contributed by atoms with Crippen LogP contribution in [0.15, 0.2) is 23.8 Å². The number of hydrogen-bond acceptors (Lipinski definition) is 3. The fourth-order valence-electron chi connectivity index (χ4n) is 2.90. The van der Waals surface area contributed by atoms with E-state index in [4.69, 9.17) is 0 Å². The molecule has 0 fully saturated rings. The topological polar surface area (TPSA) is 46.9 Å². The van der Waals surface area contributed by atoms with Gasteiger partial charge in [-0.05, 0) is 43.7 Å². The third-order valence-electron chi connectivity index (χ3n) is 4.04. The Labute approximate surface area is 129 Å².